The molecule has 3 rings (SSSR count). The van der Waals surface area contributed by atoms with Crippen molar-refractivity contribution in [3.8, 4) is 11.5 Å². The Morgan fingerprint density at radius 3 is 2.76 bits per heavy atom. The van der Waals surface area contributed by atoms with Gasteiger partial charge in [0.15, 0.2) is 11.5 Å². The summed E-state index contributed by atoms with van der Waals surface area (Å²) < 4.78 is 11.0. The average Bonchev–Trinajstić information content (AvgIpc) is 2.90. The number of hydrogen-bond donors (Lipinski definition) is 1. The maximum absolute atomic E-state index is 11.2. The molecular weight excluding hydrogens is 290 g/mol. The van der Waals surface area contributed by atoms with Crippen LogP contribution in [0.5, 0.6) is 11.5 Å². The summed E-state index contributed by atoms with van der Waals surface area (Å²) in [5, 5.41) is 9.97. The second kappa shape index (κ2) is 5.73. The molecule has 0 amide bonds. The fourth-order valence-electron chi connectivity index (χ4n) is 2.26. The molecule has 0 radical (unpaired) electrons. The highest BCUT2D eigenvalue weighted by Gasteiger charge is 2.17. The number of rotatable bonds is 4. The summed E-state index contributed by atoms with van der Waals surface area (Å²) in [4.78, 5) is 15.9. The molecule has 2 heterocycles. The van der Waals surface area contributed by atoms with Crippen LogP contribution in [0.25, 0.3) is 0 Å². The fourth-order valence-corrected chi connectivity index (χ4v) is 3.28. The van der Waals surface area contributed by atoms with Gasteiger partial charge < -0.3 is 14.6 Å². The van der Waals surface area contributed by atoms with Gasteiger partial charge in [0.25, 0.3) is 0 Å². The van der Waals surface area contributed by atoms with E-state index in [-0.39, 0.29) is 0 Å². The number of carboxylic acids is 1. The molecule has 1 aromatic carbocycles. The smallest absolute Gasteiger partial charge is 0.347 e. The fraction of sp³-hybridized carbons (Fsp3) is 0.333. The van der Waals surface area contributed by atoms with Crippen LogP contribution in [-0.2, 0) is 12.8 Å². The predicted octanol–water partition coefficient (Wildman–Crippen LogP) is 2.77. The second-order valence-electron chi connectivity index (χ2n) is 4.70. The number of benzene rings is 1. The summed E-state index contributed by atoms with van der Waals surface area (Å²) in [7, 11) is 0. The number of carboxylic acid groups (broad SMARTS) is 1. The van der Waals surface area contributed by atoms with E-state index >= 15 is 0 Å². The van der Waals surface area contributed by atoms with Gasteiger partial charge in [-0.05, 0) is 24.1 Å². The van der Waals surface area contributed by atoms with E-state index in [1.807, 2.05) is 25.1 Å². The zero-order valence-corrected chi connectivity index (χ0v) is 12.4. The van der Waals surface area contributed by atoms with E-state index in [0.717, 1.165) is 22.1 Å². The molecule has 0 bridgehead atoms. The van der Waals surface area contributed by atoms with E-state index in [1.165, 1.54) is 11.3 Å². The summed E-state index contributed by atoms with van der Waals surface area (Å²) in [6.45, 7) is 3.03. The first-order chi connectivity index (χ1) is 10.2. The lowest BCUT2D eigenvalue weighted by atomic mass is 10.1. The Kier molecular flexibility index (Phi) is 3.79. The third-order valence-corrected chi connectivity index (χ3v) is 4.32. The van der Waals surface area contributed by atoms with Gasteiger partial charge in [-0.3, -0.25) is 0 Å². The first-order valence-corrected chi connectivity index (χ1v) is 7.59. The molecule has 1 aromatic heterocycles. The lowest BCUT2D eigenvalue weighted by molar-refractivity contribution is 0.0701. The molecular formula is C15H15NO4S. The first-order valence-electron chi connectivity index (χ1n) is 6.77. The minimum Gasteiger partial charge on any atom is -0.486 e. The van der Waals surface area contributed by atoms with Gasteiger partial charge in [0.1, 0.15) is 18.1 Å². The molecule has 0 saturated heterocycles. The van der Waals surface area contributed by atoms with Crippen molar-refractivity contribution in [2.24, 2.45) is 0 Å². The van der Waals surface area contributed by atoms with E-state index in [2.05, 4.69) is 4.98 Å². The Morgan fingerprint density at radius 2 is 2.10 bits per heavy atom. The van der Waals surface area contributed by atoms with Crippen LogP contribution < -0.4 is 9.47 Å². The van der Waals surface area contributed by atoms with Crippen LogP contribution in [0, 0.1) is 0 Å². The van der Waals surface area contributed by atoms with Crippen LogP contribution in [0.2, 0.25) is 0 Å². The van der Waals surface area contributed by atoms with E-state index in [0.29, 0.717) is 36.6 Å². The van der Waals surface area contributed by atoms with E-state index in [4.69, 9.17) is 14.6 Å². The number of carbonyl (C=O) groups is 1. The van der Waals surface area contributed by atoms with Gasteiger partial charge in [-0.25, -0.2) is 9.78 Å². The molecule has 1 aliphatic rings. The quantitative estimate of drug-likeness (QED) is 0.940. The number of hydrogen-bond acceptors (Lipinski definition) is 5. The van der Waals surface area contributed by atoms with Crippen LogP contribution in [0.15, 0.2) is 18.2 Å². The average molecular weight is 305 g/mol. The standard InChI is InChI=1S/C15H15NO4S/c1-2-10-14(15(17)18)21-13(16-10)8-9-3-4-11-12(7-9)20-6-5-19-11/h3-4,7H,2,5-6,8H2,1H3,(H,17,18). The minimum atomic E-state index is -0.905. The molecule has 1 N–H and O–H groups in total. The SMILES string of the molecule is CCc1nc(Cc2ccc3c(c2)OCCO3)sc1C(=O)O. The number of thiazole rings is 1. The molecule has 0 aliphatic carbocycles. The van der Waals surface area contributed by atoms with Crippen molar-refractivity contribution in [3.05, 3.63) is 39.3 Å². The highest BCUT2D eigenvalue weighted by Crippen LogP contribution is 2.32. The van der Waals surface area contributed by atoms with E-state index < -0.39 is 5.97 Å². The molecule has 110 valence electrons. The molecule has 5 nitrogen and oxygen atoms in total. The Morgan fingerprint density at radius 1 is 1.33 bits per heavy atom. The van der Waals surface area contributed by atoms with Crippen molar-refractivity contribution >= 4 is 17.3 Å². The monoisotopic (exact) mass is 305 g/mol. The highest BCUT2D eigenvalue weighted by molar-refractivity contribution is 7.13. The number of aromatic nitrogens is 1. The summed E-state index contributed by atoms with van der Waals surface area (Å²) in [6.07, 6.45) is 1.22. The third-order valence-electron chi connectivity index (χ3n) is 3.23. The van der Waals surface area contributed by atoms with Gasteiger partial charge in [0, 0.05) is 6.42 Å². The van der Waals surface area contributed by atoms with Gasteiger partial charge in [-0.15, -0.1) is 11.3 Å². The van der Waals surface area contributed by atoms with Gasteiger partial charge in [0.05, 0.1) is 10.7 Å². The molecule has 0 fully saturated rings. The van der Waals surface area contributed by atoms with Gasteiger partial charge in [-0.2, -0.15) is 0 Å². The second-order valence-corrected chi connectivity index (χ2v) is 5.78. The summed E-state index contributed by atoms with van der Waals surface area (Å²) in [6, 6.07) is 5.78. The Balaban J connectivity index is 1.85. The Labute approximate surface area is 126 Å². The summed E-state index contributed by atoms with van der Waals surface area (Å²) >= 11 is 1.24. The normalized spacial score (nSPS) is 13.2. The lowest BCUT2D eigenvalue weighted by Gasteiger charge is -2.18. The van der Waals surface area contributed by atoms with Crippen LogP contribution >= 0.6 is 11.3 Å². The van der Waals surface area contributed by atoms with Crippen molar-refractivity contribution in [3.63, 3.8) is 0 Å². The van der Waals surface area contributed by atoms with Crippen molar-refractivity contribution in [1.29, 1.82) is 0 Å². The molecule has 0 unspecified atom stereocenters. The molecule has 0 saturated carbocycles. The highest BCUT2D eigenvalue weighted by atomic mass is 32.1. The molecule has 6 heteroatoms. The molecule has 2 aromatic rings. The zero-order chi connectivity index (χ0) is 14.8. The van der Waals surface area contributed by atoms with E-state index in [9.17, 15) is 4.79 Å². The maximum Gasteiger partial charge on any atom is 0.347 e. The maximum atomic E-state index is 11.2. The number of aryl methyl sites for hydroxylation is 1. The number of fused-ring (bicyclic) bond motifs is 1. The molecule has 0 atom stereocenters. The molecule has 1 aliphatic heterocycles. The lowest BCUT2D eigenvalue weighted by Crippen LogP contribution is -2.15. The van der Waals surface area contributed by atoms with Crippen molar-refractivity contribution in [2.45, 2.75) is 19.8 Å². The van der Waals surface area contributed by atoms with Crippen LogP contribution in [0.4, 0.5) is 0 Å². The molecule has 0 spiro atoms. The van der Waals surface area contributed by atoms with Crippen molar-refractivity contribution in [1.82, 2.24) is 4.98 Å². The largest absolute Gasteiger partial charge is 0.486 e. The van der Waals surface area contributed by atoms with Crippen LogP contribution in [-0.4, -0.2) is 29.3 Å². The first kappa shape index (κ1) is 13.9. The predicted molar refractivity (Wildman–Crippen MR) is 78.7 cm³/mol. The summed E-state index contributed by atoms with van der Waals surface area (Å²) in [5.74, 6) is 0.590. The van der Waals surface area contributed by atoms with Gasteiger partial charge in [0.2, 0.25) is 0 Å². The van der Waals surface area contributed by atoms with Crippen molar-refractivity contribution < 1.29 is 19.4 Å². The summed E-state index contributed by atoms with van der Waals surface area (Å²) in [5.41, 5.74) is 1.69. The topological polar surface area (TPSA) is 68.7 Å². The van der Waals surface area contributed by atoms with Gasteiger partial charge >= 0.3 is 5.97 Å². The van der Waals surface area contributed by atoms with Crippen LogP contribution in [0.1, 0.15) is 32.9 Å². The minimum absolute atomic E-state index is 0.338. The van der Waals surface area contributed by atoms with Crippen molar-refractivity contribution in [2.75, 3.05) is 13.2 Å². The third kappa shape index (κ3) is 2.85. The molecule has 21 heavy (non-hydrogen) atoms. The Hall–Kier alpha value is -2.08. The Bertz CT molecular complexity index is 680. The number of ether oxygens (including phenoxy) is 2. The zero-order valence-electron chi connectivity index (χ0n) is 11.6. The van der Waals surface area contributed by atoms with Crippen LogP contribution in [0.3, 0.4) is 0 Å². The number of aromatic carboxylic acids is 1. The van der Waals surface area contributed by atoms with E-state index in [1.54, 1.807) is 0 Å². The van der Waals surface area contributed by atoms with Gasteiger partial charge in [-0.1, -0.05) is 13.0 Å². The number of nitrogens with zero attached hydrogens (tertiary/aromatic N) is 1.